The van der Waals surface area contributed by atoms with Gasteiger partial charge in [0.1, 0.15) is 11.9 Å². The van der Waals surface area contributed by atoms with Crippen molar-refractivity contribution in [2.45, 2.75) is 6.10 Å². The zero-order valence-electron chi connectivity index (χ0n) is 10.3. The zero-order chi connectivity index (χ0) is 13.0. The maximum absolute atomic E-state index is 5.53. The topological polar surface area (TPSA) is 31.4 Å². The fraction of sp³-hybridized carbons (Fsp3) is 0.214. The van der Waals surface area contributed by atoms with Crippen molar-refractivity contribution in [2.75, 3.05) is 14.2 Å². The molecule has 0 saturated carbocycles. The number of benzene rings is 1. The molecule has 0 spiro atoms. The van der Waals surface area contributed by atoms with E-state index in [-0.39, 0.29) is 6.10 Å². The lowest BCUT2D eigenvalue weighted by Crippen LogP contribution is -2.05. The van der Waals surface area contributed by atoms with E-state index in [9.17, 15) is 0 Å². The monoisotopic (exact) mass is 307 g/mol. The number of halogens is 1. The Balaban J connectivity index is 2.32. The molecule has 4 heteroatoms. The molecule has 2 rings (SSSR count). The van der Waals surface area contributed by atoms with Crippen LogP contribution in [0.5, 0.6) is 5.75 Å². The van der Waals surface area contributed by atoms with Crippen LogP contribution < -0.4 is 4.74 Å². The first-order chi connectivity index (χ1) is 8.74. The SMILES string of the molecule is COc1ccc(C(OC)c2cc(Br)ccn2)cc1. The van der Waals surface area contributed by atoms with E-state index in [1.54, 1.807) is 20.4 Å². The van der Waals surface area contributed by atoms with Crippen LogP contribution >= 0.6 is 15.9 Å². The highest BCUT2D eigenvalue weighted by molar-refractivity contribution is 9.10. The minimum Gasteiger partial charge on any atom is -0.497 e. The Bertz CT molecular complexity index is 513. The number of hydrogen-bond donors (Lipinski definition) is 0. The molecule has 0 radical (unpaired) electrons. The lowest BCUT2D eigenvalue weighted by atomic mass is 10.1. The highest BCUT2D eigenvalue weighted by Gasteiger charge is 2.14. The van der Waals surface area contributed by atoms with Crippen molar-refractivity contribution >= 4 is 15.9 Å². The number of pyridine rings is 1. The fourth-order valence-electron chi connectivity index (χ4n) is 1.77. The molecule has 3 nitrogen and oxygen atoms in total. The van der Waals surface area contributed by atoms with Gasteiger partial charge in [-0.3, -0.25) is 4.98 Å². The highest BCUT2D eigenvalue weighted by atomic mass is 79.9. The minimum atomic E-state index is -0.173. The predicted octanol–water partition coefficient (Wildman–Crippen LogP) is 3.59. The Kier molecular flexibility index (Phi) is 4.33. The van der Waals surface area contributed by atoms with E-state index in [0.29, 0.717) is 0 Å². The van der Waals surface area contributed by atoms with Gasteiger partial charge in [0.25, 0.3) is 0 Å². The molecule has 1 aromatic heterocycles. The second-order valence-corrected chi connectivity index (χ2v) is 4.70. The number of rotatable bonds is 4. The normalized spacial score (nSPS) is 12.2. The standard InChI is InChI=1S/C14H14BrNO2/c1-17-12-5-3-10(4-6-12)14(18-2)13-9-11(15)7-8-16-13/h3-9,14H,1-2H3. The lowest BCUT2D eigenvalue weighted by molar-refractivity contribution is 0.133. The van der Waals surface area contributed by atoms with Crippen LogP contribution in [0, 0.1) is 0 Å². The van der Waals surface area contributed by atoms with Crippen molar-refractivity contribution in [3.8, 4) is 5.75 Å². The first kappa shape index (κ1) is 13.1. The third-order valence-corrected chi connectivity index (χ3v) is 3.16. The molecule has 0 aliphatic rings. The number of ether oxygens (including phenoxy) is 2. The van der Waals surface area contributed by atoms with Crippen molar-refractivity contribution in [1.29, 1.82) is 0 Å². The number of methoxy groups -OCH3 is 2. The maximum Gasteiger partial charge on any atom is 0.124 e. The summed E-state index contributed by atoms with van der Waals surface area (Å²) >= 11 is 3.44. The molecule has 0 bridgehead atoms. The van der Waals surface area contributed by atoms with E-state index in [1.165, 1.54) is 0 Å². The molecule has 1 aromatic carbocycles. The van der Waals surface area contributed by atoms with Gasteiger partial charge in [0.05, 0.1) is 12.8 Å². The van der Waals surface area contributed by atoms with Crippen LogP contribution in [0.1, 0.15) is 17.4 Å². The van der Waals surface area contributed by atoms with Crippen molar-refractivity contribution in [1.82, 2.24) is 4.98 Å². The molecule has 0 fully saturated rings. The molecule has 0 aliphatic carbocycles. The number of nitrogens with zero attached hydrogens (tertiary/aromatic N) is 1. The second kappa shape index (κ2) is 5.98. The molecule has 0 aliphatic heterocycles. The van der Waals surface area contributed by atoms with Crippen LogP contribution in [0.4, 0.5) is 0 Å². The summed E-state index contributed by atoms with van der Waals surface area (Å²) in [5.74, 6) is 0.829. The van der Waals surface area contributed by atoms with E-state index in [1.807, 2.05) is 36.4 Å². The van der Waals surface area contributed by atoms with Gasteiger partial charge in [-0.25, -0.2) is 0 Å². The third-order valence-electron chi connectivity index (χ3n) is 2.67. The van der Waals surface area contributed by atoms with Gasteiger partial charge in [-0.05, 0) is 29.8 Å². The van der Waals surface area contributed by atoms with Gasteiger partial charge >= 0.3 is 0 Å². The summed E-state index contributed by atoms with van der Waals surface area (Å²) in [5, 5.41) is 0. The minimum absolute atomic E-state index is 0.173. The van der Waals surface area contributed by atoms with Crippen LogP contribution in [0.3, 0.4) is 0 Å². The highest BCUT2D eigenvalue weighted by Crippen LogP contribution is 2.26. The average Bonchev–Trinajstić information content (AvgIpc) is 2.40. The largest absolute Gasteiger partial charge is 0.497 e. The summed E-state index contributed by atoms with van der Waals surface area (Å²) in [4.78, 5) is 4.34. The van der Waals surface area contributed by atoms with Crippen LogP contribution in [-0.4, -0.2) is 19.2 Å². The fourth-order valence-corrected chi connectivity index (χ4v) is 2.12. The average molecular weight is 308 g/mol. The Morgan fingerprint density at radius 1 is 1.11 bits per heavy atom. The molecule has 2 aromatic rings. The van der Waals surface area contributed by atoms with Crippen LogP contribution in [-0.2, 0) is 4.74 Å². The van der Waals surface area contributed by atoms with Gasteiger partial charge in [0.15, 0.2) is 0 Å². The molecule has 0 N–H and O–H groups in total. The van der Waals surface area contributed by atoms with Gasteiger partial charge in [0, 0.05) is 17.8 Å². The van der Waals surface area contributed by atoms with Crippen LogP contribution in [0.15, 0.2) is 47.1 Å². The Hall–Kier alpha value is -1.39. The molecule has 18 heavy (non-hydrogen) atoms. The van der Waals surface area contributed by atoms with Crippen molar-refractivity contribution in [3.63, 3.8) is 0 Å². The molecule has 1 unspecified atom stereocenters. The molecular weight excluding hydrogens is 294 g/mol. The summed E-state index contributed by atoms with van der Waals surface area (Å²) in [6, 6.07) is 11.6. The summed E-state index contributed by atoms with van der Waals surface area (Å²) in [5.41, 5.74) is 1.92. The van der Waals surface area contributed by atoms with Crippen molar-refractivity contribution in [2.24, 2.45) is 0 Å². The Morgan fingerprint density at radius 2 is 1.83 bits per heavy atom. The van der Waals surface area contributed by atoms with E-state index in [2.05, 4.69) is 20.9 Å². The van der Waals surface area contributed by atoms with E-state index in [0.717, 1.165) is 21.5 Å². The summed E-state index contributed by atoms with van der Waals surface area (Å²) in [7, 11) is 3.33. The molecule has 1 heterocycles. The van der Waals surface area contributed by atoms with Crippen LogP contribution in [0.25, 0.3) is 0 Å². The predicted molar refractivity (Wildman–Crippen MR) is 73.8 cm³/mol. The third kappa shape index (κ3) is 2.89. The van der Waals surface area contributed by atoms with E-state index < -0.39 is 0 Å². The Labute approximate surface area is 115 Å². The molecule has 0 amide bonds. The quantitative estimate of drug-likeness (QED) is 0.865. The van der Waals surface area contributed by atoms with Gasteiger partial charge in [-0.1, -0.05) is 28.1 Å². The number of aromatic nitrogens is 1. The van der Waals surface area contributed by atoms with Gasteiger partial charge in [-0.15, -0.1) is 0 Å². The zero-order valence-corrected chi connectivity index (χ0v) is 11.8. The molecule has 0 saturated heterocycles. The lowest BCUT2D eigenvalue weighted by Gasteiger charge is -2.15. The summed E-state index contributed by atoms with van der Waals surface area (Å²) < 4.78 is 11.7. The van der Waals surface area contributed by atoms with Gasteiger partial charge in [0.2, 0.25) is 0 Å². The summed E-state index contributed by atoms with van der Waals surface area (Å²) in [6.07, 6.45) is 1.59. The Morgan fingerprint density at radius 3 is 2.39 bits per heavy atom. The second-order valence-electron chi connectivity index (χ2n) is 3.79. The molecule has 1 atom stereocenters. The van der Waals surface area contributed by atoms with Gasteiger partial charge in [-0.2, -0.15) is 0 Å². The molecule has 94 valence electrons. The van der Waals surface area contributed by atoms with E-state index in [4.69, 9.17) is 9.47 Å². The first-order valence-corrected chi connectivity index (χ1v) is 6.32. The van der Waals surface area contributed by atoms with Crippen molar-refractivity contribution < 1.29 is 9.47 Å². The van der Waals surface area contributed by atoms with Crippen molar-refractivity contribution in [3.05, 3.63) is 58.3 Å². The molecular formula is C14H14BrNO2. The maximum atomic E-state index is 5.53. The van der Waals surface area contributed by atoms with Crippen LogP contribution in [0.2, 0.25) is 0 Å². The van der Waals surface area contributed by atoms with E-state index >= 15 is 0 Å². The summed E-state index contributed by atoms with van der Waals surface area (Å²) in [6.45, 7) is 0. The van der Waals surface area contributed by atoms with Gasteiger partial charge < -0.3 is 9.47 Å². The first-order valence-electron chi connectivity index (χ1n) is 5.53. The number of hydrogen-bond acceptors (Lipinski definition) is 3. The smallest absolute Gasteiger partial charge is 0.124 e.